The van der Waals surface area contributed by atoms with Crippen LogP contribution in [0, 0.1) is 0 Å². The molecule has 0 bridgehead atoms. The summed E-state index contributed by atoms with van der Waals surface area (Å²) in [6.45, 7) is 4.54. The van der Waals surface area contributed by atoms with Crippen LogP contribution >= 0.6 is 0 Å². The van der Waals surface area contributed by atoms with E-state index in [4.69, 9.17) is 14.2 Å². The van der Waals surface area contributed by atoms with Crippen molar-refractivity contribution in [3.63, 3.8) is 0 Å². The third kappa shape index (κ3) is 7.08. The van der Waals surface area contributed by atoms with Gasteiger partial charge in [0.25, 0.3) is 0 Å². The second-order valence-electron chi connectivity index (χ2n) is 7.05. The first-order chi connectivity index (χ1) is 16.0. The second-order valence-corrected chi connectivity index (χ2v) is 7.05. The quantitative estimate of drug-likeness (QED) is 0.522. The van der Waals surface area contributed by atoms with Gasteiger partial charge in [-0.3, -0.25) is 4.79 Å². The number of benzene rings is 2. The molecule has 3 rings (SSSR count). The van der Waals surface area contributed by atoms with Gasteiger partial charge >= 0.3 is 6.61 Å². The molecular weight excluding hydrogens is 434 g/mol. The molecule has 0 unspecified atom stereocenters. The van der Waals surface area contributed by atoms with Gasteiger partial charge in [-0.2, -0.15) is 8.78 Å². The zero-order chi connectivity index (χ0) is 23.6. The lowest BCUT2D eigenvalue weighted by Gasteiger charge is -2.31. The third-order valence-electron chi connectivity index (χ3n) is 4.80. The highest BCUT2D eigenvalue weighted by atomic mass is 19.3. The van der Waals surface area contributed by atoms with Gasteiger partial charge in [-0.25, -0.2) is 0 Å². The average Bonchev–Trinajstić information content (AvgIpc) is 2.80. The molecule has 0 aromatic heterocycles. The number of hydrogen-bond acceptors (Lipinski definition) is 6. The van der Waals surface area contributed by atoms with Crippen molar-refractivity contribution in [2.75, 3.05) is 49.7 Å². The summed E-state index contributed by atoms with van der Waals surface area (Å²) in [7, 11) is 0. The maximum absolute atomic E-state index is 12.6. The Morgan fingerprint density at radius 1 is 1.09 bits per heavy atom. The van der Waals surface area contributed by atoms with Gasteiger partial charge in [0.15, 0.2) is 0 Å². The van der Waals surface area contributed by atoms with Crippen LogP contribution in [-0.2, 0) is 9.53 Å². The minimum Gasteiger partial charge on any atom is -0.492 e. The number of alkyl halides is 2. The van der Waals surface area contributed by atoms with Gasteiger partial charge in [0.1, 0.15) is 17.2 Å². The van der Waals surface area contributed by atoms with Gasteiger partial charge in [-0.05, 0) is 37.6 Å². The highest BCUT2D eigenvalue weighted by Crippen LogP contribution is 2.39. The monoisotopic (exact) mass is 462 g/mol. The molecule has 2 aromatic carbocycles. The molecule has 33 heavy (non-hydrogen) atoms. The fourth-order valence-corrected chi connectivity index (χ4v) is 3.35. The molecule has 1 heterocycles. The van der Waals surface area contributed by atoms with Gasteiger partial charge in [0, 0.05) is 31.3 Å². The number of carbonyl (C=O) groups is 1. The minimum absolute atomic E-state index is 0.0526. The third-order valence-corrected chi connectivity index (χ3v) is 4.80. The molecule has 1 N–H and O–H groups in total. The van der Waals surface area contributed by atoms with Crippen LogP contribution in [0.5, 0.6) is 17.2 Å². The predicted molar refractivity (Wildman–Crippen MR) is 123 cm³/mol. The Morgan fingerprint density at radius 3 is 2.39 bits per heavy atom. The Balaban J connectivity index is 1.77. The summed E-state index contributed by atoms with van der Waals surface area (Å²) in [5.74, 6) is 0.872. The Labute approximate surface area is 191 Å². The number of morpholine rings is 1. The molecule has 7 nitrogen and oxygen atoms in total. The van der Waals surface area contributed by atoms with Crippen molar-refractivity contribution in [3.05, 3.63) is 48.0 Å². The minimum atomic E-state index is -2.88. The Kier molecular flexibility index (Phi) is 8.88. The maximum atomic E-state index is 12.6. The van der Waals surface area contributed by atoms with E-state index in [9.17, 15) is 13.6 Å². The molecule has 1 aliphatic rings. The molecule has 9 heteroatoms. The Bertz CT molecular complexity index is 945. The van der Waals surface area contributed by atoms with Crippen molar-refractivity contribution < 1.29 is 32.5 Å². The predicted octanol–water partition coefficient (Wildman–Crippen LogP) is 4.57. The normalized spacial score (nSPS) is 13.9. The number of nitrogens with zero attached hydrogens (tertiary/aromatic N) is 1. The number of amides is 1. The lowest BCUT2D eigenvalue weighted by molar-refractivity contribution is -0.111. The maximum Gasteiger partial charge on any atom is 0.387 e. The number of anilines is 2. The van der Waals surface area contributed by atoms with E-state index in [2.05, 4.69) is 15.0 Å². The van der Waals surface area contributed by atoms with Crippen LogP contribution in [0.15, 0.2) is 42.5 Å². The zero-order valence-corrected chi connectivity index (χ0v) is 18.7. The van der Waals surface area contributed by atoms with E-state index in [-0.39, 0.29) is 11.7 Å². The number of carbonyl (C=O) groups excluding carboxylic acids is 1. The highest BCUT2D eigenvalue weighted by Gasteiger charge is 2.20. The second kappa shape index (κ2) is 12.1. The van der Waals surface area contributed by atoms with Crippen LogP contribution in [0.4, 0.5) is 20.2 Å². The fourth-order valence-electron chi connectivity index (χ4n) is 3.35. The van der Waals surface area contributed by atoms with Crippen LogP contribution in [0.1, 0.15) is 19.4 Å². The van der Waals surface area contributed by atoms with Gasteiger partial charge in [-0.1, -0.05) is 12.1 Å². The van der Waals surface area contributed by atoms with Crippen molar-refractivity contribution in [2.24, 2.45) is 0 Å². The first kappa shape index (κ1) is 24.3. The Hall–Kier alpha value is -3.33. The zero-order valence-electron chi connectivity index (χ0n) is 18.7. The topological polar surface area (TPSA) is 69.3 Å². The summed E-state index contributed by atoms with van der Waals surface area (Å²) < 4.78 is 45.9. The molecular formula is C24H28F2N2O5. The van der Waals surface area contributed by atoms with E-state index < -0.39 is 6.61 Å². The highest BCUT2D eigenvalue weighted by molar-refractivity contribution is 6.03. The van der Waals surface area contributed by atoms with Crippen LogP contribution in [0.3, 0.4) is 0 Å². The molecule has 0 saturated carbocycles. The van der Waals surface area contributed by atoms with Gasteiger partial charge in [0.05, 0.1) is 37.8 Å². The first-order valence-corrected chi connectivity index (χ1v) is 10.8. The molecule has 0 atom stereocenters. The summed E-state index contributed by atoms with van der Waals surface area (Å²) >= 11 is 0. The van der Waals surface area contributed by atoms with Crippen LogP contribution in [-0.4, -0.2) is 52.0 Å². The molecule has 0 aliphatic carbocycles. The van der Waals surface area contributed by atoms with Gasteiger partial charge in [-0.15, -0.1) is 0 Å². The summed E-state index contributed by atoms with van der Waals surface area (Å²) in [6, 6.07) is 9.63. The van der Waals surface area contributed by atoms with Gasteiger partial charge < -0.3 is 29.2 Å². The SMILES string of the molecule is CCOc1cc(N2CCOCC2)c(OCC)cc1NC(=O)C=Cc1ccc(OC(F)F)cc1. The summed E-state index contributed by atoms with van der Waals surface area (Å²) in [5.41, 5.74) is 2.05. The van der Waals surface area contributed by atoms with E-state index in [1.807, 2.05) is 19.9 Å². The average molecular weight is 462 g/mol. The smallest absolute Gasteiger partial charge is 0.387 e. The molecule has 0 spiro atoms. The molecule has 178 valence electrons. The first-order valence-electron chi connectivity index (χ1n) is 10.8. The summed E-state index contributed by atoms with van der Waals surface area (Å²) in [6.07, 6.45) is 2.93. The van der Waals surface area contributed by atoms with E-state index in [1.54, 1.807) is 24.3 Å². The summed E-state index contributed by atoms with van der Waals surface area (Å²) in [5, 5.41) is 2.83. The van der Waals surface area contributed by atoms with Crippen LogP contribution < -0.4 is 24.4 Å². The standard InChI is InChI=1S/C24H28F2N2O5/c1-3-31-21-16-20(28-11-13-30-14-12-28)22(32-4-2)15-19(21)27-23(29)10-7-17-5-8-18(9-6-17)33-24(25)26/h5-10,15-16,24H,3-4,11-14H2,1-2H3,(H,27,29). The van der Waals surface area contributed by atoms with Gasteiger partial charge in [0.2, 0.25) is 5.91 Å². The van der Waals surface area contributed by atoms with Crippen molar-refractivity contribution in [3.8, 4) is 17.2 Å². The molecule has 0 radical (unpaired) electrons. The van der Waals surface area contributed by atoms with E-state index in [0.717, 1.165) is 18.8 Å². The van der Waals surface area contributed by atoms with E-state index in [1.165, 1.54) is 18.2 Å². The van der Waals surface area contributed by atoms with Crippen LogP contribution in [0.25, 0.3) is 6.08 Å². The lowest BCUT2D eigenvalue weighted by Crippen LogP contribution is -2.36. The number of nitrogens with one attached hydrogen (secondary N) is 1. The Morgan fingerprint density at radius 2 is 1.76 bits per heavy atom. The molecule has 1 saturated heterocycles. The van der Waals surface area contributed by atoms with Crippen LogP contribution in [0.2, 0.25) is 0 Å². The number of hydrogen-bond donors (Lipinski definition) is 1. The van der Waals surface area contributed by atoms with Crippen molar-refractivity contribution in [2.45, 2.75) is 20.5 Å². The van der Waals surface area contributed by atoms with Crippen molar-refractivity contribution in [1.29, 1.82) is 0 Å². The molecule has 1 amide bonds. The molecule has 2 aromatic rings. The number of halogens is 2. The summed E-state index contributed by atoms with van der Waals surface area (Å²) in [4.78, 5) is 14.7. The lowest BCUT2D eigenvalue weighted by atomic mass is 10.2. The number of ether oxygens (including phenoxy) is 4. The number of rotatable bonds is 10. The van der Waals surface area contributed by atoms with Crippen molar-refractivity contribution in [1.82, 2.24) is 0 Å². The fraction of sp³-hybridized carbons (Fsp3) is 0.375. The largest absolute Gasteiger partial charge is 0.492 e. The van der Waals surface area contributed by atoms with Crippen molar-refractivity contribution >= 4 is 23.4 Å². The van der Waals surface area contributed by atoms with E-state index >= 15 is 0 Å². The van der Waals surface area contributed by atoms with E-state index in [0.29, 0.717) is 49.2 Å². The molecule has 1 fully saturated rings. The molecule has 1 aliphatic heterocycles.